The van der Waals surface area contributed by atoms with Gasteiger partial charge in [-0.15, -0.1) is 0 Å². The average molecular weight is 477 g/mol. The van der Waals surface area contributed by atoms with Crippen LogP contribution in [0.2, 0.25) is 5.02 Å². The highest BCUT2D eigenvalue weighted by atomic mass is 35.5. The highest BCUT2D eigenvalue weighted by Crippen LogP contribution is 2.35. The quantitative estimate of drug-likeness (QED) is 0.672. The van der Waals surface area contributed by atoms with Crippen LogP contribution in [0.15, 0.2) is 42.5 Å². The maximum atomic E-state index is 13.0. The Bertz CT molecular complexity index is 897. The molecule has 1 aliphatic rings. The predicted octanol–water partition coefficient (Wildman–Crippen LogP) is 2.37. The number of benzene rings is 2. The van der Waals surface area contributed by atoms with Crippen molar-refractivity contribution in [1.29, 1.82) is 0 Å². The maximum absolute atomic E-state index is 13.0. The second-order valence-electron chi connectivity index (χ2n) is 8.12. The van der Waals surface area contributed by atoms with Crippen LogP contribution < -0.4 is 17.7 Å². The molecule has 0 atom stereocenters. The van der Waals surface area contributed by atoms with Gasteiger partial charge in [-0.1, -0.05) is 23.7 Å². The summed E-state index contributed by atoms with van der Waals surface area (Å²) < 4.78 is 45.3. The van der Waals surface area contributed by atoms with Gasteiger partial charge in [-0.25, -0.2) is 0 Å². The summed E-state index contributed by atoms with van der Waals surface area (Å²) in [5.74, 6) is -0.622. The van der Waals surface area contributed by atoms with E-state index in [9.17, 15) is 18.0 Å². The minimum absolute atomic E-state index is 0. The molecule has 1 aliphatic heterocycles. The monoisotopic (exact) mass is 476 g/mol. The molecule has 0 saturated carbocycles. The van der Waals surface area contributed by atoms with E-state index < -0.39 is 22.7 Å². The van der Waals surface area contributed by atoms with Crippen LogP contribution in [0.1, 0.15) is 34.3 Å². The Labute approximate surface area is 191 Å². The zero-order chi connectivity index (χ0) is 21.9. The van der Waals surface area contributed by atoms with E-state index in [1.54, 1.807) is 12.1 Å². The standard InChI is InChI=1S/C22H24ClF3N2O2.ClH/c1-28(2,18-9-11-30-12-10-18)14-15-3-6-17(7-4-15)27-21(29)16-5-8-20(23)19(13-16)22(24,25)26;/h3-8,13,18H,9-12,14H2,1-2H3;1H. The predicted molar refractivity (Wildman–Crippen MR) is 111 cm³/mol. The van der Waals surface area contributed by atoms with Crippen molar-refractivity contribution in [3.8, 4) is 0 Å². The Morgan fingerprint density at radius 3 is 2.32 bits per heavy atom. The molecule has 0 radical (unpaired) electrons. The minimum Gasteiger partial charge on any atom is -1.00 e. The number of alkyl halides is 3. The third-order valence-corrected chi connectivity index (χ3v) is 5.84. The lowest BCUT2D eigenvalue weighted by atomic mass is 10.0. The van der Waals surface area contributed by atoms with Crippen LogP contribution >= 0.6 is 11.6 Å². The summed E-state index contributed by atoms with van der Waals surface area (Å²) in [7, 11) is 4.40. The fraction of sp³-hybridized carbons (Fsp3) is 0.409. The number of halogens is 5. The second kappa shape index (κ2) is 10.2. The van der Waals surface area contributed by atoms with Crippen LogP contribution in [0.3, 0.4) is 0 Å². The van der Waals surface area contributed by atoms with Gasteiger partial charge in [0.15, 0.2) is 0 Å². The van der Waals surface area contributed by atoms with Gasteiger partial charge in [0.05, 0.1) is 43.9 Å². The molecule has 1 saturated heterocycles. The molecule has 1 amide bonds. The van der Waals surface area contributed by atoms with Gasteiger partial charge in [0.25, 0.3) is 5.91 Å². The van der Waals surface area contributed by atoms with Crippen molar-refractivity contribution in [2.45, 2.75) is 31.6 Å². The van der Waals surface area contributed by atoms with Crippen LogP contribution in [0.25, 0.3) is 0 Å². The number of nitrogens with zero attached hydrogens (tertiary/aromatic N) is 1. The lowest BCUT2D eigenvalue weighted by Gasteiger charge is -2.40. The fourth-order valence-electron chi connectivity index (χ4n) is 3.76. The lowest BCUT2D eigenvalue weighted by molar-refractivity contribution is -0.929. The van der Waals surface area contributed by atoms with E-state index in [4.69, 9.17) is 16.3 Å². The van der Waals surface area contributed by atoms with Gasteiger partial charge in [-0.3, -0.25) is 4.79 Å². The van der Waals surface area contributed by atoms with Crippen molar-refractivity contribution in [1.82, 2.24) is 0 Å². The van der Waals surface area contributed by atoms with Crippen molar-refractivity contribution >= 4 is 23.2 Å². The summed E-state index contributed by atoms with van der Waals surface area (Å²) in [6.07, 6.45) is -2.56. The maximum Gasteiger partial charge on any atom is 0.417 e. The Hall–Kier alpha value is -1.80. The van der Waals surface area contributed by atoms with Gasteiger partial charge in [0.2, 0.25) is 0 Å². The van der Waals surface area contributed by atoms with Crippen molar-refractivity contribution in [2.24, 2.45) is 0 Å². The van der Waals surface area contributed by atoms with Crippen molar-refractivity contribution in [3.63, 3.8) is 0 Å². The Kier molecular flexibility index (Phi) is 8.39. The third kappa shape index (κ3) is 6.59. The van der Waals surface area contributed by atoms with Crippen LogP contribution in [0.5, 0.6) is 0 Å². The molecule has 31 heavy (non-hydrogen) atoms. The van der Waals surface area contributed by atoms with Gasteiger partial charge < -0.3 is 26.9 Å². The normalized spacial score (nSPS) is 15.3. The van der Waals surface area contributed by atoms with Crippen molar-refractivity contribution in [2.75, 3.05) is 32.6 Å². The number of rotatable bonds is 5. The first kappa shape index (κ1) is 25.5. The smallest absolute Gasteiger partial charge is 0.417 e. The molecule has 0 aliphatic carbocycles. The first-order valence-electron chi connectivity index (χ1n) is 9.74. The van der Waals surface area contributed by atoms with Crippen molar-refractivity contribution < 1.29 is 39.6 Å². The number of hydrogen-bond donors (Lipinski definition) is 1. The second-order valence-corrected chi connectivity index (χ2v) is 8.53. The van der Waals surface area contributed by atoms with Gasteiger partial charge in [0.1, 0.15) is 6.54 Å². The molecule has 1 heterocycles. The van der Waals surface area contributed by atoms with Crippen LogP contribution in [0, 0.1) is 0 Å². The van der Waals surface area contributed by atoms with E-state index in [1.807, 2.05) is 12.1 Å². The Morgan fingerprint density at radius 2 is 1.74 bits per heavy atom. The molecule has 0 aromatic heterocycles. The van der Waals surface area contributed by atoms with E-state index in [2.05, 4.69) is 19.4 Å². The number of carbonyl (C=O) groups excluding carboxylic acids is 1. The molecule has 9 heteroatoms. The molecule has 3 rings (SSSR count). The summed E-state index contributed by atoms with van der Waals surface area (Å²) in [4.78, 5) is 12.4. The first-order chi connectivity index (χ1) is 14.1. The van der Waals surface area contributed by atoms with Gasteiger partial charge in [-0.05, 0) is 30.3 Å². The number of ether oxygens (including phenoxy) is 1. The third-order valence-electron chi connectivity index (χ3n) is 5.52. The molecule has 1 N–H and O–H groups in total. The first-order valence-corrected chi connectivity index (χ1v) is 10.1. The molecule has 0 bridgehead atoms. The number of nitrogens with one attached hydrogen (secondary N) is 1. The highest BCUT2D eigenvalue weighted by molar-refractivity contribution is 6.31. The lowest BCUT2D eigenvalue weighted by Crippen LogP contribution is -3.00. The summed E-state index contributed by atoms with van der Waals surface area (Å²) in [6.45, 7) is 2.42. The number of amides is 1. The highest BCUT2D eigenvalue weighted by Gasteiger charge is 2.34. The molecule has 0 spiro atoms. The molecule has 0 unspecified atom stereocenters. The van der Waals surface area contributed by atoms with E-state index in [-0.39, 0.29) is 18.0 Å². The van der Waals surface area contributed by atoms with E-state index in [0.29, 0.717) is 11.7 Å². The van der Waals surface area contributed by atoms with E-state index in [0.717, 1.165) is 54.8 Å². The summed E-state index contributed by atoms with van der Waals surface area (Å²) in [5.41, 5.74) is 0.507. The Balaban J connectivity index is 0.00000341. The molecule has 170 valence electrons. The SMILES string of the molecule is C[N+](C)(Cc1ccc(NC(=O)c2ccc(Cl)c(C(F)(F)F)c2)cc1)C1CCOCC1.[Cl-]. The van der Waals surface area contributed by atoms with Crippen LogP contribution in [0.4, 0.5) is 18.9 Å². The molecular formula is C22H25Cl2F3N2O2. The van der Waals surface area contributed by atoms with E-state index >= 15 is 0 Å². The van der Waals surface area contributed by atoms with Gasteiger partial charge in [0, 0.05) is 29.7 Å². The van der Waals surface area contributed by atoms with Crippen LogP contribution in [-0.2, 0) is 17.5 Å². The van der Waals surface area contributed by atoms with E-state index in [1.165, 1.54) is 6.07 Å². The van der Waals surface area contributed by atoms with Crippen molar-refractivity contribution in [3.05, 3.63) is 64.2 Å². The minimum atomic E-state index is -4.62. The Morgan fingerprint density at radius 1 is 1.13 bits per heavy atom. The number of anilines is 1. The molecule has 2 aromatic carbocycles. The summed E-state index contributed by atoms with van der Waals surface area (Å²) in [5, 5.41) is 2.20. The zero-order valence-corrected chi connectivity index (χ0v) is 18.8. The fourth-order valence-corrected chi connectivity index (χ4v) is 3.99. The topological polar surface area (TPSA) is 38.3 Å². The number of hydrogen-bond acceptors (Lipinski definition) is 2. The van der Waals surface area contributed by atoms with Gasteiger partial charge in [-0.2, -0.15) is 13.2 Å². The molecule has 1 fully saturated rings. The largest absolute Gasteiger partial charge is 1.00 e. The number of carbonyl (C=O) groups is 1. The molecule has 4 nitrogen and oxygen atoms in total. The number of quaternary nitrogens is 1. The molecular weight excluding hydrogens is 452 g/mol. The van der Waals surface area contributed by atoms with Gasteiger partial charge >= 0.3 is 6.18 Å². The molecule has 2 aromatic rings. The average Bonchev–Trinajstić information content (AvgIpc) is 2.69. The van der Waals surface area contributed by atoms with Crippen LogP contribution in [-0.4, -0.2) is 43.7 Å². The summed E-state index contributed by atoms with van der Waals surface area (Å²) in [6, 6.07) is 11.0. The summed E-state index contributed by atoms with van der Waals surface area (Å²) >= 11 is 5.61. The zero-order valence-electron chi connectivity index (χ0n) is 17.3.